The van der Waals surface area contributed by atoms with E-state index in [2.05, 4.69) is 35.2 Å². The largest absolute Gasteiger partial charge is 0.337 e. The Kier molecular flexibility index (Phi) is 5.20. The predicted octanol–water partition coefficient (Wildman–Crippen LogP) is 3.78. The summed E-state index contributed by atoms with van der Waals surface area (Å²) in [6.45, 7) is 2.18. The molecule has 2 N–H and O–H groups in total. The summed E-state index contributed by atoms with van der Waals surface area (Å²) in [5.41, 5.74) is 3.96. The summed E-state index contributed by atoms with van der Waals surface area (Å²) in [5.74, 6) is -0.0595. The minimum absolute atomic E-state index is 0.00402. The number of hydrogen-bond acceptors (Lipinski definition) is 9. The van der Waals surface area contributed by atoms with E-state index in [1.54, 1.807) is 30.7 Å². The Labute approximate surface area is 202 Å². The van der Waals surface area contributed by atoms with E-state index in [1.807, 2.05) is 6.07 Å². The maximum Gasteiger partial charge on any atom is 0.169 e. The number of nitrogens with one attached hydrogen (secondary N) is 2. The van der Waals surface area contributed by atoms with Crippen LogP contribution in [-0.2, 0) is 6.54 Å². The van der Waals surface area contributed by atoms with Crippen LogP contribution in [0.5, 0.6) is 0 Å². The molecule has 6 rings (SSSR count). The fourth-order valence-corrected chi connectivity index (χ4v) is 4.90. The second-order valence-electron chi connectivity index (χ2n) is 7.89. The molecule has 11 heteroatoms. The van der Waals surface area contributed by atoms with Crippen molar-refractivity contribution in [2.75, 3.05) is 6.67 Å². The molecule has 0 aliphatic carbocycles. The number of aromatic nitrogens is 6. The van der Waals surface area contributed by atoms with E-state index in [1.165, 1.54) is 30.8 Å². The molecule has 0 atom stereocenters. The molecule has 35 heavy (non-hydrogen) atoms. The van der Waals surface area contributed by atoms with E-state index < -0.39 is 5.82 Å². The average Bonchev–Trinajstić information content (AvgIpc) is 3.48. The number of thiophene rings is 1. The van der Waals surface area contributed by atoms with Gasteiger partial charge in [-0.15, -0.1) is 11.3 Å². The summed E-state index contributed by atoms with van der Waals surface area (Å²) in [5, 5.41) is 3.15. The maximum atomic E-state index is 15.9. The highest BCUT2D eigenvalue weighted by molar-refractivity contribution is 7.17. The third-order valence-corrected chi connectivity index (χ3v) is 6.85. The fourth-order valence-electron chi connectivity index (χ4n) is 4.00. The number of aromatic amines is 1. The predicted molar refractivity (Wildman–Crippen MR) is 130 cm³/mol. The van der Waals surface area contributed by atoms with E-state index >= 15 is 4.39 Å². The Morgan fingerprint density at radius 2 is 1.97 bits per heavy atom. The van der Waals surface area contributed by atoms with Crippen molar-refractivity contribution in [3.8, 4) is 21.7 Å². The maximum absolute atomic E-state index is 15.9. The van der Waals surface area contributed by atoms with Crippen molar-refractivity contribution < 1.29 is 9.18 Å². The van der Waals surface area contributed by atoms with Crippen molar-refractivity contribution in [2.45, 2.75) is 13.5 Å². The monoisotopic (exact) mass is 484 g/mol. The number of halogens is 1. The van der Waals surface area contributed by atoms with Gasteiger partial charge in [-0.1, -0.05) is 0 Å². The van der Waals surface area contributed by atoms with Crippen LogP contribution in [0.3, 0.4) is 0 Å². The summed E-state index contributed by atoms with van der Waals surface area (Å²) in [4.78, 5) is 42.9. The first-order valence-electron chi connectivity index (χ1n) is 10.7. The molecule has 0 spiro atoms. The second kappa shape index (κ2) is 8.53. The van der Waals surface area contributed by atoms with Gasteiger partial charge in [0.2, 0.25) is 0 Å². The van der Waals surface area contributed by atoms with E-state index in [0.717, 1.165) is 10.4 Å². The van der Waals surface area contributed by atoms with Crippen LogP contribution in [-0.4, -0.2) is 48.1 Å². The number of nitrogens with zero attached hydrogens (tertiary/aromatic N) is 6. The van der Waals surface area contributed by atoms with Gasteiger partial charge in [-0.25, -0.2) is 19.3 Å². The summed E-state index contributed by atoms with van der Waals surface area (Å²) in [6, 6.07) is 5.44. The quantitative estimate of drug-likeness (QED) is 0.372. The number of aliphatic imine (C=N–C) groups is 1. The van der Waals surface area contributed by atoms with Gasteiger partial charge in [-0.2, -0.15) is 0 Å². The standard InChI is InChI=1S/C24H17FN8OS/c1-12(34)17-2-3-18(35-17)22-21-15(4-5-29-22)32-24(33-21)23-19-16(9-28-11-31-23)30-8-14(20(19)25)13-6-26-10-27-7-13/h2-8,10,28H,9,11H2,1H3,(H,32,33). The Bertz CT molecular complexity index is 1630. The molecule has 0 saturated carbocycles. The number of carbonyl (C=O) groups is 1. The van der Waals surface area contributed by atoms with Gasteiger partial charge < -0.3 is 4.98 Å². The summed E-state index contributed by atoms with van der Waals surface area (Å²) >= 11 is 1.36. The van der Waals surface area contributed by atoms with Gasteiger partial charge in [0.05, 0.1) is 33.2 Å². The summed E-state index contributed by atoms with van der Waals surface area (Å²) in [7, 11) is 0. The smallest absolute Gasteiger partial charge is 0.169 e. The highest BCUT2D eigenvalue weighted by Crippen LogP contribution is 2.33. The van der Waals surface area contributed by atoms with Crippen LogP contribution in [0, 0.1) is 5.82 Å². The third-order valence-electron chi connectivity index (χ3n) is 5.66. The van der Waals surface area contributed by atoms with Gasteiger partial charge in [-0.05, 0) is 25.1 Å². The van der Waals surface area contributed by atoms with Crippen LogP contribution in [0.25, 0.3) is 32.7 Å². The number of imidazole rings is 1. The van der Waals surface area contributed by atoms with Gasteiger partial charge in [0.1, 0.15) is 29.1 Å². The average molecular weight is 485 g/mol. The van der Waals surface area contributed by atoms with E-state index in [4.69, 9.17) is 4.98 Å². The molecule has 5 aromatic rings. The molecule has 1 aliphatic heterocycles. The minimum Gasteiger partial charge on any atom is -0.337 e. The Morgan fingerprint density at radius 1 is 1.11 bits per heavy atom. The molecular formula is C24H17FN8OS. The summed E-state index contributed by atoms with van der Waals surface area (Å²) in [6.07, 6.45) is 7.64. The number of Topliss-reactive ketones (excluding diaryl/α,β-unsaturated/α-hetero) is 1. The number of rotatable bonds is 4. The molecule has 0 saturated heterocycles. The van der Waals surface area contributed by atoms with Crippen LogP contribution in [0.4, 0.5) is 4.39 Å². The molecule has 9 nitrogen and oxygen atoms in total. The van der Waals surface area contributed by atoms with E-state index in [0.29, 0.717) is 45.4 Å². The Balaban J connectivity index is 1.51. The normalized spacial score (nSPS) is 13.4. The van der Waals surface area contributed by atoms with Crippen LogP contribution in [0.1, 0.15) is 33.7 Å². The Hall–Kier alpha value is -4.22. The molecule has 172 valence electrons. The fraction of sp³-hybridized carbons (Fsp3) is 0.125. The number of fused-ring (bicyclic) bond motifs is 2. The number of ketones is 1. The number of H-pyrrole nitrogens is 1. The second-order valence-corrected chi connectivity index (χ2v) is 8.97. The topological polar surface area (TPSA) is 122 Å². The third kappa shape index (κ3) is 3.70. The lowest BCUT2D eigenvalue weighted by Crippen LogP contribution is -2.14. The molecule has 5 aromatic heterocycles. The molecule has 0 bridgehead atoms. The lowest BCUT2D eigenvalue weighted by Gasteiger charge is -2.11. The molecule has 0 aromatic carbocycles. The van der Waals surface area contributed by atoms with Crippen LogP contribution < -0.4 is 5.32 Å². The summed E-state index contributed by atoms with van der Waals surface area (Å²) < 4.78 is 15.9. The van der Waals surface area contributed by atoms with Crippen molar-refractivity contribution in [3.05, 3.63) is 77.1 Å². The molecule has 0 amide bonds. The molecule has 0 fully saturated rings. The van der Waals surface area contributed by atoms with Crippen molar-refractivity contribution in [2.24, 2.45) is 4.99 Å². The SMILES string of the molecule is CC(=O)c1ccc(-c2nccc3[nH]c(C4=NCNCc5ncc(-c6cncnc6)c(F)c54)nc23)s1. The van der Waals surface area contributed by atoms with Gasteiger partial charge in [-0.3, -0.25) is 25.1 Å². The first-order valence-corrected chi connectivity index (χ1v) is 11.6. The van der Waals surface area contributed by atoms with Gasteiger partial charge in [0.15, 0.2) is 11.6 Å². The van der Waals surface area contributed by atoms with Gasteiger partial charge in [0.25, 0.3) is 0 Å². The van der Waals surface area contributed by atoms with E-state index in [-0.39, 0.29) is 23.6 Å². The van der Waals surface area contributed by atoms with Crippen LogP contribution in [0.15, 0.2) is 54.3 Å². The molecule has 6 heterocycles. The Morgan fingerprint density at radius 3 is 2.77 bits per heavy atom. The van der Waals surface area contributed by atoms with Crippen LogP contribution in [0.2, 0.25) is 0 Å². The minimum atomic E-state index is -0.463. The number of pyridine rings is 2. The zero-order valence-corrected chi connectivity index (χ0v) is 19.2. The molecular weight excluding hydrogens is 467 g/mol. The van der Waals surface area contributed by atoms with Crippen molar-refractivity contribution in [1.29, 1.82) is 0 Å². The van der Waals surface area contributed by atoms with Crippen LogP contribution >= 0.6 is 11.3 Å². The van der Waals surface area contributed by atoms with Gasteiger partial charge >= 0.3 is 0 Å². The first kappa shape index (κ1) is 21.3. The first-order chi connectivity index (χ1) is 17.1. The molecule has 1 aliphatic rings. The van der Waals surface area contributed by atoms with Crippen molar-refractivity contribution >= 4 is 33.9 Å². The zero-order valence-electron chi connectivity index (χ0n) is 18.4. The number of hydrogen-bond donors (Lipinski definition) is 2. The van der Waals surface area contributed by atoms with E-state index in [9.17, 15) is 4.79 Å². The molecule has 0 radical (unpaired) electrons. The zero-order chi connectivity index (χ0) is 23.9. The highest BCUT2D eigenvalue weighted by atomic mass is 32.1. The van der Waals surface area contributed by atoms with Crippen molar-refractivity contribution in [3.63, 3.8) is 0 Å². The lowest BCUT2D eigenvalue weighted by molar-refractivity contribution is 0.102. The highest BCUT2D eigenvalue weighted by Gasteiger charge is 2.26. The lowest BCUT2D eigenvalue weighted by atomic mass is 10.0. The number of carbonyl (C=O) groups excluding carboxylic acids is 1. The van der Waals surface area contributed by atoms with Gasteiger partial charge in [0, 0.05) is 42.5 Å². The molecule has 0 unspecified atom stereocenters. The van der Waals surface area contributed by atoms with Crippen molar-refractivity contribution in [1.82, 2.24) is 35.2 Å².